The molecule has 0 radical (unpaired) electrons. The molecule has 0 aromatic carbocycles. The largest absolute Gasteiger partial charge is 0.476 e. The molecule has 3 aromatic rings. The minimum atomic E-state index is -0.594. The zero-order valence-electron chi connectivity index (χ0n) is 13.0. The summed E-state index contributed by atoms with van der Waals surface area (Å²) in [5, 5.41) is 7.24. The molecule has 0 saturated heterocycles. The van der Waals surface area contributed by atoms with E-state index in [9.17, 15) is 9.59 Å². The lowest BCUT2D eigenvalue weighted by Crippen LogP contribution is -2.30. The summed E-state index contributed by atoms with van der Waals surface area (Å²) in [7, 11) is 3.50. The number of aromatic amines is 1. The van der Waals surface area contributed by atoms with E-state index in [4.69, 9.17) is 16.3 Å². The van der Waals surface area contributed by atoms with Crippen LogP contribution >= 0.6 is 11.6 Å². The molecule has 24 heavy (non-hydrogen) atoms. The summed E-state index contributed by atoms with van der Waals surface area (Å²) in [4.78, 5) is 30.9. The van der Waals surface area contributed by atoms with Gasteiger partial charge in [-0.3, -0.25) is 19.0 Å². The minimum Gasteiger partial charge on any atom is -0.476 e. The molecule has 0 aliphatic rings. The molecule has 0 amide bonds. The van der Waals surface area contributed by atoms with Crippen LogP contribution in [0.3, 0.4) is 0 Å². The fourth-order valence-electron chi connectivity index (χ4n) is 2.33. The Morgan fingerprint density at radius 2 is 2.21 bits per heavy atom. The van der Waals surface area contributed by atoms with Gasteiger partial charge >= 0.3 is 5.69 Å². The molecular weight excluding hydrogens is 336 g/mol. The number of fused-ring (bicyclic) bond motifs is 1. The van der Waals surface area contributed by atoms with Crippen molar-refractivity contribution in [2.75, 3.05) is 20.2 Å². The van der Waals surface area contributed by atoms with Gasteiger partial charge in [0.15, 0.2) is 0 Å². The second-order valence-corrected chi connectivity index (χ2v) is 5.45. The van der Waals surface area contributed by atoms with E-state index in [0.717, 1.165) is 0 Å². The van der Waals surface area contributed by atoms with Gasteiger partial charge in [-0.2, -0.15) is 5.10 Å². The van der Waals surface area contributed by atoms with E-state index >= 15 is 0 Å². The average molecular weight is 351 g/mol. The predicted molar refractivity (Wildman–Crippen MR) is 89.2 cm³/mol. The maximum Gasteiger partial charge on any atom is 0.333 e. The molecule has 3 heterocycles. The number of rotatable bonds is 5. The summed E-state index contributed by atoms with van der Waals surface area (Å²) < 4.78 is 8.40. The Balaban J connectivity index is 2.30. The van der Waals surface area contributed by atoms with Crippen molar-refractivity contribution >= 4 is 22.5 Å². The monoisotopic (exact) mass is 350 g/mol. The van der Waals surface area contributed by atoms with Crippen LogP contribution < -0.4 is 21.3 Å². The van der Waals surface area contributed by atoms with Crippen molar-refractivity contribution in [2.45, 2.75) is 0 Å². The molecule has 126 valence electrons. The third-order valence-electron chi connectivity index (χ3n) is 3.37. The lowest BCUT2D eigenvalue weighted by Gasteiger charge is -2.11. The van der Waals surface area contributed by atoms with Crippen LogP contribution in [0.1, 0.15) is 0 Å². The number of ether oxygens (including phenoxy) is 1. The van der Waals surface area contributed by atoms with Gasteiger partial charge in [0.25, 0.3) is 5.56 Å². The number of likely N-dealkylation sites (N-methyl/N-ethyl adjacent to an activating group) is 1. The summed E-state index contributed by atoms with van der Waals surface area (Å²) in [6, 6.07) is 1.45. The van der Waals surface area contributed by atoms with Gasteiger partial charge in [-0.25, -0.2) is 9.78 Å². The van der Waals surface area contributed by atoms with Crippen LogP contribution in [0.4, 0.5) is 0 Å². The maximum atomic E-state index is 12.3. The van der Waals surface area contributed by atoms with E-state index in [-0.39, 0.29) is 16.4 Å². The van der Waals surface area contributed by atoms with Crippen molar-refractivity contribution in [3.8, 4) is 11.6 Å². The van der Waals surface area contributed by atoms with E-state index in [1.54, 1.807) is 25.0 Å². The van der Waals surface area contributed by atoms with Crippen LogP contribution in [0, 0.1) is 0 Å². The van der Waals surface area contributed by atoms with Crippen LogP contribution in [0.15, 0.2) is 28.0 Å². The number of hydrogen-bond donors (Lipinski definition) is 2. The summed E-state index contributed by atoms with van der Waals surface area (Å²) >= 11 is 6.05. The molecule has 0 spiro atoms. The maximum absolute atomic E-state index is 12.3. The summed E-state index contributed by atoms with van der Waals surface area (Å²) in [6.07, 6.45) is 3.16. The first-order valence-corrected chi connectivity index (χ1v) is 7.51. The number of aryl methyl sites for hydroxylation is 1. The number of aromatic nitrogens is 5. The van der Waals surface area contributed by atoms with Crippen molar-refractivity contribution in [3.63, 3.8) is 0 Å². The van der Waals surface area contributed by atoms with Crippen molar-refractivity contribution in [3.05, 3.63) is 44.5 Å². The SMILES string of the molecule is CNCCOc1nc(Cl)cc2c1c(=O)[nH]c(=O)n2-c1cnn(C)c1. The molecule has 3 rings (SSSR count). The Morgan fingerprint density at radius 1 is 1.42 bits per heavy atom. The molecule has 0 fully saturated rings. The summed E-state index contributed by atoms with van der Waals surface area (Å²) in [5.74, 6) is 0.0756. The van der Waals surface area contributed by atoms with E-state index in [1.165, 1.54) is 16.8 Å². The number of nitrogens with one attached hydrogen (secondary N) is 2. The molecule has 2 N–H and O–H groups in total. The smallest absolute Gasteiger partial charge is 0.333 e. The van der Waals surface area contributed by atoms with E-state index in [1.807, 2.05) is 0 Å². The van der Waals surface area contributed by atoms with Crippen molar-refractivity contribution in [1.82, 2.24) is 29.6 Å². The van der Waals surface area contributed by atoms with Crippen LogP contribution in [-0.4, -0.2) is 44.5 Å². The number of nitrogens with zero attached hydrogens (tertiary/aromatic N) is 4. The fraction of sp³-hybridized carbons (Fsp3) is 0.286. The quantitative estimate of drug-likeness (QED) is 0.498. The van der Waals surface area contributed by atoms with Gasteiger partial charge in [-0.05, 0) is 7.05 Å². The zero-order chi connectivity index (χ0) is 17.3. The molecule has 0 unspecified atom stereocenters. The highest BCUT2D eigenvalue weighted by molar-refractivity contribution is 6.30. The Hall–Kier alpha value is -2.65. The van der Waals surface area contributed by atoms with Crippen molar-refractivity contribution < 1.29 is 4.74 Å². The minimum absolute atomic E-state index is 0.0756. The third-order valence-corrected chi connectivity index (χ3v) is 3.56. The first-order valence-electron chi connectivity index (χ1n) is 7.13. The van der Waals surface area contributed by atoms with Crippen LogP contribution in [0.5, 0.6) is 5.88 Å². The second kappa shape index (κ2) is 6.46. The zero-order valence-corrected chi connectivity index (χ0v) is 13.8. The van der Waals surface area contributed by atoms with Crippen LogP contribution in [-0.2, 0) is 7.05 Å². The number of pyridine rings is 1. The molecule has 3 aromatic heterocycles. The highest BCUT2D eigenvalue weighted by Gasteiger charge is 2.17. The molecular formula is C14H15ClN6O3. The van der Waals surface area contributed by atoms with Crippen LogP contribution in [0.2, 0.25) is 5.15 Å². The highest BCUT2D eigenvalue weighted by atomic mass is 35.5. The molecule has 10 heteroatoms. The van der Waals surface area contributed by atoms with E-state index < -0.39 is 11.2 Å². The fourth-order valence-corrected chi connectivity index (χ4v) is 2.51. The third kappa shape index (κ3) is 2.91. The summed E-state index contributed by atoms with van der Waals surface area (Å²) in [5.41, 5.74) is -0.383. The average Bonchev–Trinajstić information content (AvgIpc) is 2.92. The van der Waals surface area contributed by atoms with Crippen molar-refractivity contribution in [2.24, 2.45) is 7.05 Å². The van der Waals surface area contributed by atoms with Crippen LogP contribution in [0.25, 0.3) is 16.6 Å². The lowest BCUT2D eigenvalue weighted by molar-refractivity contribution is 0.310. The first-order chi connectivity index (χ1) is 11.5. The van der Waals surface area contributed by atoms with Gasteiger partial charge in [-0.15, -0.1) is 0 Å². The Morgan fingerprint density at radius 3 is 2.88 bits per heavy atom. The molecule has 0 bridgehead atoms. The standard InChI is InChI=1S/C14H15ClN6O3/c1-16-3-4-24-13-11-9(5-10(15)18-13)21(14(23)19-12(11)22)8-6-17-20(2)7-8/h5-7,16H,3-4H2,1-2H3,(H,19,22,23). The number of hydrogen-bond acceptors (Lipinski definition) is 6. The van der Waals surface area contributed by atoms with E-state index in [2.05, 4.69) is 20.4 Å². The van der Waals surface area contributed by atoms with E-state index in [0.29, 0.717) is 24.4 Å². The molecule has 0 saturated carbocycles. The van der Waals surface area contributed by atoms with Gasteiger partial charge in [0.05, 0.1) is 17.4 Å². The second-order valence-electron chi connectivity index (χ2n) is 5.06. The van der Waals surface area contributed by atoms with Gasteiger partial charge in [0, 0.05) is 25.9 Å². The topological polar surface area (TPSA) is 107 Å². The molecule has 0 aliphatic carbocycles. The van der Waals surface area contributed by atoms with Gasteiger partial charge in [0.1, 0.15) is 17.1 Å². The molecule has 0 atom stereocenters. The Labute approximate surface area is 140 Å². The normalized spacial score (nSPS) is 11.1. The first kappa shape index (κ1) is 16.2. The predicted octanol–water partition coefficient (Wildman–Crippen LogP) is 0.0591. The Kier molecular flexibility index (Phi) is 4.36. The summed E-state index contributed by atoms with van der Waals surface area (Å²) in [6.45, 7) is 0.861. The van der Waals surface area contributed by atoms with Gasteiger partial charge < -0.3 is 10.1 Å². The highest BCUT2D eigenvalue weighted by Crippen LogP contribution is 2.24. The lowest BCUT2D eigenvalue weighted by atomic mass is 10.3. The van der Waals surface area contributed by atoms with Gasteiger partial charge in [-0.1, -0.05) is 11.6 Å². The number of H-pyrrole nitrogens is 1. The Bertz CT molecular complexity index is 1010. The van der Waals surface area contributed by atoms with Gasteiger partial charge in [0.2, 0.25) is 5.88 Å². The molecule has 0 aliphatic heterocycles. The van der Waals surface area contributed by atoms with Crippen molar-refractivity contribution in [1.29, 1.82) is 0 Å². The number of halogens is 1. The molecule has 9 nitrogen and oxygen atoms in total.